The number of halogens is 1. The molecule has 1 heterocycles. The van der Waals surface area contributed by atoms with Crippen molar-refractivity contribution in [3.05, 3.63) is 11.2 Å². The van der Waals surface area contributed by atoms with E-state index in [1.807, 2.05) is 0 Å². The summed E-state index contributed by atoms with van der Waals surface area (Å²) in [7, 11) is 0. The molecule has 1 aliphatic rings. The lowest BCUT2D eigenvalue weighted by molar-refractivity contribution is 0.149. The molecular formula is C12H19ClN4O. The van der Waals surface area contributed by atoms with E-state index < -0.39 is 0 Å². The number of hydrogen-bond donors (Lipinski definition) is 3. The molecule has 0 aliphatic heterocycles. The molecule has 2 rings (SSSR count). The highest BCUT2D eigenvalue weighted by Gasteiger charge is 2.34. The molecule has 5 nitrogen and oxygen atoms in total. The maximum atomic E-state index is 9.69. The first-order chi connectivity index (χ1) is 8.53. The van der Waals surface area contributed by atoms with E-state index in [0.717, 1.165) is 19.3 Å². The van der Waals surface area contributed by atoms with E-state index >= 15 is 0 Å². The first-order valence-electron chi connectivity index (χ1n) is 6.22. The van der Waals surface area contributed by atoms with Crippen LogP contribution in [0.1, 0.15) is 32.6 Å². The Bertz CT molecular complexity index is 408. The molecule has 1 fully saturated rings. The number of nitrogen functional groups attached to an aromatic ring is 1. The Morgan fingerprint density at radius 2 is 2.39 bits per heavy atom. The van der Waals surface area contributed by atoms with Crippen LogP contribution in [0.15, 0.2) is 6.07 Å². The number of aliphatic hydroxyl groups is 1. The van der Waals surface area contributed by atoms with Gasteiger partial charge in [-0.15, -0.1) is 0 Å². The number of anilines is 2. The summed E-state index contributed by atoms with van der Waals surface area (Å²) in [5, 5.41) is 13.3. The Labute approximate surface area is 112 Å². The van der Waals surface area contributed by atoms with Crippen molar-refractivity contribution in [2.75, 3.05) is 17.7 Å². The first kappa shape index (κ1) is 13.4. The molecule has 2 unspecified atom stereocenters. The number of rotatable bonds is 3. The standard InChI is InChI=1S/C12H19ClN4O/c1-8-3-2-4-12(6-8,7-18)17-10-5-9(13)15-11(14)16-10/h5,8,18H,2-4,6-7H2,1H3,(H3,14,15,16,17). The van der Waals surface area contributed by atoms with Gasteiger partial charge in [0.15, 0.2) is 0 Å². The Morgan fingerprint density at radius 3 is 3.00 bits per heavy atom. The van der Waals surface area contributed by atoms with Gasteiger partial charge >= 0.3 is 0 Å². The molecule has 0 amide bonds. The van der Waals surface area contributed by atoms with Crippen LogP contribution in [0.25, 0.3) is 0 Å². The molecule has 18 heavy (non-hydrogen) atoms. The Balaban J connectivity index is 2.18. The van der Waals surface area contributed by atoms with Crippen molar-refractivity contribution in [3.63, 3.8) is 0 Å². The second-order valence-corrected chi connectivity index (χ2v) is 5.59. The molecule has 4 N–H and O–H groups in total. The summed E-state index contributed by atoms with van der Waals surface area (Å²) in [6, 6.07) is 1.63. The van der Waals surface area contributed by atoms with Crippen LogP contribution in [0.4, 0.5) is 11.8 Å². The molecule has 1 aromatic heterocycles. The van der Waals surface area contributed by atoms with Crippen molar-refractivity contribution in [1.29, 1.82) is 0 Å². The number of nitrogens with two attached hydrogens (primary N) is 1. The maximum Gasteiger partial charge on any atom is 0.223 e. The summed E-state index contributed by atoms with van der Waals surface area (Å²) in [6.07, 6.45) is 4.15. The Morgan fingerprint density at radius 1 is 1.61 bits per heavy atom. The number of aliphatic hydroxyl groups excluding tert-OH is 1. The fourth-order valence-electron chi connectivity index (χ4n) is 2.73. The predicted molar refractivity (Wildman–Crippen MR) is 72.5 cm³/mol. The van der Waals surface area contributed by atoms with Crippen LogP contribution >= 0.6 is 11.6 Å². The summed E-state index contributed by atoms with van der Waals surface area (Å²) in [4.78, 5) is 7.93. The monoisotopic (exact) mass is 270 g/mol. The third-order valence-corrected chi connectivity index (χ3v) is 3.69. The van der Waals surface area contributed by atoms with E-state index in [0.29, 0.717) is 16.9 Å². The zero-order valence-electron chi connectivity index (χ0n) is 10.5. The second-order valence-electron chi connectivity index (χ2n) is 5.20. The molecular weight excluding hydrogens is 252 g/mol. The van der Waals surface area contributed by atoms with Crippen molar-refractivity contribution in [2.24, 2.45) is 5.92 Å². The summed E-state index contributed by atoms with van der Waals surface area (Å²) in [5.41, 5.74) is 5.25. The van der Waals surface area contributed by atoms with Gasteiger partial charge in [0.25, 0.3) is 0 Å². The van der Waals surface area contributed by atoms with E-state index in [4.69, 9.17) is 17.3 Å². The summed E-state index contributed by atoms with van der Waals surface area (Å²) in [6.45, 7) is 2.28. The van der Waals surface area contributed by atoms with Crippen LogP contribution < -0.4 is 11.1 Å². The fourth-order valence-corrected chi connectivity index (χ4v) is 2.92. The lowest BCUT2D eigenvalue weighted by Gasteiger charge is -2.39. The fraction of sp³-hybridized carbons (Fsp3) is 0.667. The number of aromatic nitrogens is 2. The average molecular weight is 271 g/mol. The zero-order valence-corrected chi connectivity index (χ0v) is 11.2. The molecule has 1 saturated carbocycles. The van der Waals surface area contributed by atoms with E-state index in [1.165, 1.54) is 6.42 Å². The number of nitrogens with zero attached hydrogens (tertiary/aromatic N) is 2. The predicted octanol–water partition coefficient (Wildman–Crippen LogP) is 2.07. The van der Waals surface area contributed by atoms with Crippen LogP contribution in [0.2, 0.25) is 5.15 Å². The summed E-state index contributed by atoms with van der Waals surface area (Å²) < 4.78 is 0. The summed E-state index contributed by atoms with van der Waals surface area (Å²) in [5.74, 6) is 1.31. The maximum absolute atomic E-state index is 9.69. The van der Waals surface area contributed by atoms with Crippen molar-refractivity contribution in [1.82, 2.24) is 9.97 Å². The van der Waals surface area contributed by atoms with Gasteiger partial charge in [-0.2, -0.15) is 4.98 Å². The van der Waals surface area contributed by atoms with Crippen LogP contribution in [-0.4, -0.2) is 27.2 Å². The molecule has 6 heteroatoms. The summed E-state index contributed by atoms with van der Waals surface area (Å²) >= 11 is 5.85. The molecule has 1 aromatic rings. The highest BCUT2D eigenvalue weighted by molar-refractivity contribution is 6.29. The lowest BCUT2D eigenvalue weighted by Crippen LogP contribution is -2.46. The highest BCUT2D eigenvalue weighted by atomic mass is 35.5. The van der Waals surface area contributed by atoms with Gasteiger partial charge in [-0.25, -0.2) is 4.98 Å². The van der Waals surface area contributed by atoms with Gasteiger partial charge in [0.1, 0.15) is 11.0 Å². The quantitative estimate of drug-likeness (QED) is 0.732. The zero-order chi connectivity index (χ0) is 13.2. The topological polar surface area (TPSA) is 84.1 Å². The second kappa shape index (κ2) is 5.28. The molecule has 0 bridgehead atoms. The lowest BCUT2D eigenvalue weighted by atomic mass is 9.77. The normalized spacial score (nSPS) is 28.1. The highest BCUT2D eigenvalue weighted by Crippen LogP contribution is 2.34. The Hall–Kier alpha value is -1.07. The first-order valence-corrected chi connectivity index (χ1v) is 6.60. The Kier molecular flexibility index (Phi) is 3.92. The number of nitrogens with one attached hydrogen (secondary N) is 1. The van der Waals surface area contributed by atoms with Crippen molar-refractivity contribution in [2.45, 2.75) is 38.1 Å². The van der Waals surface area contributed by atoms with Gasteiger partial charge in [-0.05, 0) is 18.8 Å². The minimum absolute atomic E-state index is 0.0822. The van der Waals surface area contributed by atoms with Crippen LogP contribution in [0.5, 0.6) is 0 Å². The number of hydrogen-bond acceptors (Lipinski definition) is 5. The molecule has 0 aromatic carbocycles. The molecule has 2 atom stereocenters. The van der Waals surface area contributed by atoms with Gasteiger partial charge in [-0.3, -0.25) is 0 Å². The largest absolute Gasteiger partial charge is 0.394 e. The van der Waals surface area contributed by atoms with Gasteiger partial charge in [0.05, 0.1) is 12.1 Å². The minimum Gasteiger partial charge on any atom is -0.394 e. The SMILES string of the molecule is CC1CCCC(CO)(Nc2cc(Cl)nc(N)n2)C1. The molecule has 0 saturated heterocycles. The van der Waals surface area contributed by atoms with Gasteiger partial charge < -0.3 is 16.2 Å². The van der Waals surface area contributed by atoms with E-state index in [2.05, 4.69) is 22.2 Å². The molecule has 0 radical (unpaired) electrons. The third-order valence-electron chi connectivity index (χ3n) is 3.50. The van der Waals surface area contributed by atoms with E-state index in [-0.39, 0.29) is 18.1 Å². The van der Waals surface area contributed by atoms with Crippen molar-refractivity contribution in [3.8, 4) is 0 Å². The van der Waals surface area contributed by atoms with Crippen LogP contribution in [0, 0.1) is 5.92 Å². The van der Waals surface area contributed by atoms with Gasteiger partial charge in [0.2, 0.25) is 5.95 Å². The average Bonchev–Trinajstić information content (AvgIpc) is 2.27. The molecule has 100 valence electrons. The molecule has 0 spiro atoms. The third kappa shape index (κ3) is 3.03. The van der Waals surface area contributed by atoms with Gasteiger partial charge in [-0.1, -0.05) is 31.4 Å². The smallest absolute Gasteiger partial charge is 0.223 e. The van der Waals surface area contributed by atoms with Gasteiger partial charge in [0, 0.05) is 6.07 Å². The van der Waals surface area contributed by atoms with Crippen LogP contribution in [-0.2, 0) is 0 Å². The van der Waals surface area contributed by atoms with Crippen molar-refractivity contribution >= 4 is 23.4 Å². The van der Waals surface area contributed by atoms with Crippen LogP contribution in [0.3, 0.4) is 0 Å². The molecule has 1 aliphatic carbocycles. The van der Waals surface area contributed by atoms with E-state index in [9.17, 15) is 5.11 Å². The minimum atomic E-state index is -0.318. The van der Waals surface area contributed by atoms with Crippen molar-refractivity contribution < 1.29 is 5.11 Å². The van der Waals surface area contributed by atoms with E-state index in [1.54, 1.807) is 6.07 Å².